The summed E-state index contributed by atoms with van der Waals surface area (Å²) in [5.41, 5.74) is 1.91. The summed E-state index contributed by atoms with van der Waals surface area (Å²) in [6.07, 6.45) is 12.2. The van der Waals surface area contributed by atoms with E-state index in [-0.39, 0.29) is 10.8 Å². The number of fused-ring (bicyclic) bond motifs is 1. The van der Waals surface area contributed by atoms with Gasteiger partial charge in [0.1, 0.15) is 0 Å². The molecule has 2 heterocycles. The number of nitrogens with zero attached hydrogens (tertiary/aromatic N) is 1. The molecule has 4 bridgehead atoms. The van der Waals surface area contributed by atoms with Crippen molar-refractivity contribution in [1.29, 1.82) is 0 Å². The normalized spacial score (nSPS) is 45.9. The van der Waals surface area contributed by atoms with Crippen LogP contribution in [0.5, 0.6) is 0 Å². The van der Waals surface area contributed by atoms with Crippen LogP contribution in [0.3, 0.4) is 0 Å². The van der Waals surface area contributed by atoms with E-state index in [1.165, 1.54) is 63.6 Å². The number of carbonyl (C=O) groups excluding carboxylic acids is 1. The minimum atomic E-state index is -0.134. The highest BCUT2D eigenvalue weighted by Crippen LogP contribution is 2.70. The highest BCUT2D eigenvalue weighted by Gasteiger charge is 2.64. The first-order valence-electron chi connectivity index (χ1n) is 12.1. The minimum Gasteiger partial charge on any atom is -0.351 e. The lowest BCUT2D eigenvalue weighted by atomic mass is 9.38. The van der Waals surface area contributed by atoms with E-state index < -0.39 is 0 Å². The van der Waals surface area contributed by atoms with E-state index in [0.29, 0.717) is 23.4 Å². The first-order chi connectivity index (χ1) is 14.0. The molecule has 4 saturated carbocycles. The summed E-state index contributed by atoms with van der Waals surface area (Å²) >= 11 is 0. The third-order valence-electron chi connectivity index (χ3n) is 9.37. The average molecular weight is 393 g/mol. The zero-order valence-corrected chi connectivity index (χ0v) is 18.0. The van der Waals surface area contributed by atoms with Crippen LogP contribution in [0.2, 0.25) is 0 Å². The van der Waals surface area contributed by atoms with Gasteiger partial charge in [-0.1, -0.05) is 37.3 Å². The second-order valence-electron chi connectivity index (χ2n) is 11.7. The van der Waals surface area contributed by atoms with Gasteiger partial charge in [-0.3, -0.25) is 9.69 Å². The van der Waals surface area contributed by atoms with Crippen molar-refractivity contribution in [3.05, 3.63) is 35.9 Å². The Kier molecular flexibility index (Phi) is 4.02. The predicted octanol–water partition coefficient (Wildman–Crippen LogP) is 4.66. The number of hydrogen-bond acceptors (Lipinski definition) is 2. The van der Waals surface area contributed by atoms with E-state index in [0.717, 1.165) is 25.2 Å². The first kappa shape index (κ1) is 18.4. The Morgan fingerprint density at radius 2 is 1.79 bits per heavy atom. The summed E-state index contributed by atoms with van der Waals surface area (Å²) < 4.78 is 0. The van der Waals surface area contributed by atoms with Gasteiger partial charge in [0.25, 0.3) is 0 Å². The summed E-state index contributed by atoms with van der Waals surface area (Å²) in [7, 11) is 0. The predicted molar refractivity (Wildman–Crippen MR) is 116 cm³/mol. The quantitative estimate of drug-likeness (QED) is 0.811. The summed E-state index contributed by atoms with van der Waals surface area (Å²) in [5.74, 6) is 1.13. The standard InChI is InChI=1S/C26H36N2O/c1-24-13-19-14-25(16-24,20-7-3-2-4-8-20)18-26(15-19,17-24)23(29)27-21-9-5-11-28-12-6-10-22(21)28/h2-4,7-8,19,21-22H,5-6,9-18H2,1H3,(H,27,29)/t19?,21-,22-,24-,25-,26?/m1/s1. The van der Waals surface area contributed by atoms with Gasteiger partial charge in [0.2, 0.25) is 5.91 Å². The van der Waals surface area contributed by atoms with E-state index in [1.54, 1.807) is 0 Å². The second-order valence-corrected chi connectivity index (χ2v) is 11.7. The van der Waals surface area contributed by atoms with E-state index >= 15 is 0 Å². The van der Waals surface area contributed by atoms with Gasteiger partial charge in [-0.2, -0.15) is 0 Å². The fraction of sp³-hybridized carbons (Fsp3) is 0.731. The van der Waals surface area contributed by atoms with Gasteiger partial charge < -0.3 is 5.32 Å². The molecule has 156 valence electrons. The highest BCUT2D eigenvalue weighted by molar-refractivity contribution is 5.84. The van der Waals surface area contributed by atoms with Crippen molar-refractivity contribution >= 4 is 5.91 Å². The molecule has 29 heavy (non-hydrogen) atoms. The van der Waals surface area contributed by atoms with Crippen LogP contribution >= 0.6 is 0 Å². The molecule has 1 aromatic carbocycles. The van der Waals surface area contributed by atoms with Crippen LogP contribution in [0.25, 0.3) is 0 Å². The van der Waals surface area contributed by atoms with Gasteiger partial charge in [0.05, 0.1) is 5.41 Å². The molecule has 2 saturated heterocycles. The van der Waals surface area contributed by atoms with Crippen LogP contribution in [0, 0.1) is 16.7 Å². The summed E-state index contributed by atoms with van der Waals surface area (Å²) in [5, 5.41) is 3.65. The smallest absolute Gasteiger partial charge is 0.226 e. The van der Waals surface area contributed by atoms with E-state index in [1.807, 2.05) is 0 Å². The molecule has 2 unspecified atom stereocenters. The zero-order valence-electron chi connectivity index (χ0n) is 18.0. The van der Waals surface area contributed by atoms with E-state index in [2.05, 4.69) is 47.5 Å². The molecular weight excluding hydrogens is 356 g/mol. The molecule has 1 amide bonds. The third-order valence-corrected chi connectivity index (χ3v) is 9.37. The molecule has 1 aromatic rings. The molecule has 0 radical (unpaired) electrons. The molecule has 6 aliphatic rings. The Morgan fingerprint density at radius 1 is 1.00 bits per heavy atom. The Hall–Kier alpha value is -1.35. The molecule has 3 nitrogen and oxygen atoms in total. The Balaban J connectivity index is 1.30. The molecule has 0 spiro atoms. The van der Waals surface area contributed by atoms with Crippen LogP contribution in [-0.4, -0.2) is 36.0 Å². The van der Waals surface area contributed by atoms with Gasteiger partial charge in [-0.25, -0.2) is 0 Å². The van der Waals surface area contributed by atoms with Crippen LogP contribution < -0.4 is 5.32 Å². The lowest BCUT2D eigenvalue weighted by Crippen LogP contribution is -2.64. The molecule has 2 aliphatic heterocycles. The lowest BCUT2D eigenvalue weighted by Gasteiger charge is -2.65. The molecule has 7 rings (SSSR count). The van der Waals surface area contributed by atoms with Gasteiger partial charge in [-0.15, -0.1) is 0 Å². The number of nitrogens with one attached hydrogen (secondary N) is 1. The highest BCUT2D eigenvalue weighted by atomic mass is 16.2. The molecule has 3 heteroatoms. The molecule has 1 N–H and O–H groups in total. The van der Waals surface area contributed by atoms with Crippen molar-refractivity contribution in [3.63, 3.8) is 0 Å². The average Bonchev–Trinajstić information content (AvgIpc) is 3.17. The Bertz CT molecular complexity index is 808. The number of carbonyl (C=O) groups is 1. The number of hydrogen-bond donors (Lipinski definition) is 1. The van der Waals surface area contributed by atoms with Gasteiger partial charge in [-0.05, 0) is 99.6 Å². The summed E-state index contributed by atoms with van der Waals surface area (Å²) in [6.45, 7) is 4.95. The summed E-state index contributed by atoms with van der Waals surface area (Å²) in [4.78, 5) is 16.6. The van der Waals surface area contributed by atoms with Crippen molar-refractivity contribution in [3.8, 4) is 0 Å². The topological polar surface area (TPSA) is 32.3 Å². The van der Waals surface area contributed by atoms with Gasteiger partial charge >= 0.3 is 0 Å². The fourth-order valence-corrected chi connectivity index (χ4v) is 9.07. The minimum absolute atomic E-state index is 0.134. The Labute approximate surface area is 175 Å². The van der Waals surface area contributed by atoms with Crippen molar-refractivity contribution < 1.29 is 4.79 Å². The largest absolute Gasteiger partial charge is 0.351 e. The zero-order chi connectivity index (χ0) is 19.7. The summed E-state index contributed by atoms with van der Waals surface area (Å²) in [6, 6.07) is 12.2. The van der Waals surface area contributed by atoms with Crippen LogP contribution in [0.4, 0.5) is 0 Å². The van der Waals surface area contributed by atoms with E-state index in [4.69, 9.17) is 0 Å². The fourth-order valence-electron chi connectivity index (χ4n) is 9.07. The first-order valence-corrected chi connectivity index (χ1v) is 12.1. The molecule has 6 atom stereocenters. The van der Waals surface area contributed by atoms with Crippen molar-refractivity contribution in [2.24, 2.45) is 16.7 Å². The Morgan fingerprint density at radius 3 is 2.59 bits per heavy atom. The van der Waals surface area contributed by atoms with Gasteiger partial charge in [0.15, 0.2) is 0 Å². The van der Waals surface area contributed by atoms with Crippen molar-refractivity contribution in [2.45, 2.75) is 88.6 Å². The second kappa shape index (κ2) is 6.33. The van der Waals surface area contributed by atoms with E-state index in [9.17, 15) is 4.79 Å². The van der Waals surface area contributed by atoms with Gasteiger partial charge in [0, 0.05) is 12.1 Å². The van der Waals surface area contributed by atoms with Crippen LogP contribution in [0.1, 0.15) is 76.7 Å². The maximum Gasteiger partial charge on any atom is 0.226 e. The van der Waals surface area contributed by atoms with Crippen molar-refractivity contribution in [1.82, 2.24) is 10.2 Å². The number of amides is 1. The van der Waals surface area contributed by atoms with Crippen LogP contribution in [-0.2, 0) is 10.2 Å². The van der Waals surface area contributed by atoms with Crippen molar-refractivity contribution in [2.75, 3.05) is 13.1 Å². The number of rotatable bonds is 3. The SMILES string of the molecule is C[C@]12CC3CC(C(=O)N[C@@H]4CCCN5CCC[C@H]45)(C1)C[C@@](c1ccccc1)(C3)C2. The molecule has 6 fully saturated rings. The molecule has 4 aliphatic carbocycles. The monoisotopic (exact) mass is 392 g/mol. The molecule has 0 aromatic heterocycles. The number of piperidine rings is 1. The maximum atomic E-state index is 13.9. The number of benzene rings is 1. The third kappa shape index (κ3) is 2.83. The lowest BCUT2D eigenvalue weighted by molar-refractivity contribution is -0.161. The van der Waals surface area contributed by atoms with Crippen LogP contribution in [0.15, 0.2) is 30.3 Å². The maximum absolute atomic E-state index is 13.9. The molecular formula is C26H36N2O.